The van der Waals surface area contributed by atoms with Crippen molar-refractivity contribution in [2.75, 3.05) is 38.5 Å². The number of rotatable bonds is 6. The van der Waals surface area contributed by atoms with Gasteiger partial charge in [0.25, 0.3) is 0 Å². The van der Waals surface area contributed by atoms with Crippen molar-refractivity contribution in [1.82, 2.24) is 9.80 Å². The van der Waals surface area contributed by atoms with E-state index in [1.807, 2.05) is 4.90 Å². The zero-order valence-electron chi connectivity index (χ0n) is 15.5. The Hall–Kier alpha value is -1.84. The van der Waals surface area contributed by atoms with Gasteiger partial charge in [0.15, 0.2) is 0 Å². The molecule has 0 radical (unpaired) electrons. The third kappa shape index (κ3) is 7.65. The van der Waals surface area contributed by atoms with Crippen LogP contribution in [0.4, 0.5) is 18.9 Å². The Labute approximate surface area is 168 Å². The summed E-state index contributed by atoms with van der Waals surface area (Å²) in [5.41, 5.74) is -0.692. The molecule has 2 N–H and O–H groups in total. The SMILES string of the molecule is CN(CC(=O)O)C1CCCN(CC(=O)Nc2cccc(C(F)(F)F)c2)CC1.Cl. The average Bonchev–Trinajstić information content (AvgIpc) is 2.79. The minimum atomic E-state index is -4.46. The second-order valence-corrected chi connectivity index (χ2v) is 6.80. The first-order valence-electron chi connectivity index (χ1n) is 8.76. The second kappa shape index (κ2) is 10.6. The predicted octanol–water partition coefficient (Wildman–Crippen LogP) is 2.94. The molecule has 1 heterocycles. The zero-order valence-corrected chi connectivity index (χ0v) is 16.4. The highest BCUT2D eigenvalue weighted by Gasteiger charge is 2.30. The maximum atomic E-state index is 12.7. The number of alkyl halides is 3. The number of anilines is 1. The van der Waals surface area contributed by atoms with E-state index in [2.05, 4.69) is 5.32 Å². The number of hydrogen-bond acceptors (Lipinski definition) is 4. The zero-order chi connectivity index (χ0) is 20.0. The van der Waals surface area contributed by atoms with Gasteiger partial charge in [-0.3, -0.25) is 19.4 Å². The van der Waals surface area contributed by atoms with E-state index in [0.29, 0.717) is 13.1 Å². The number of hydrogen-bond donors (Lipinski definition) is 2. The highest BCUT2D eigenvalue weighted by molar-refractivity contribution is 5.92. The summed E-state index contributed by atoms with van der Waals surface area (Å²) in [6.45, 7) is 1.38. The maximum Gasteiger partial charge on any atom is 0.416 e. The van der Waals surface area contributed by atoms with Crippen LogP contribution >= 0.6 is 12.4 Å². The molecule has 1 aliphatic rings. The number of nitrogens with zero attached hydrogens (tertiary/aromatic N) is 2. The van der Waals surface area contributed by atoms with Gasteiger partial charge in [-0.1, -0.05) is 6.07 Å². The fraction of sp³-hybridized carbons (Fsp3) is 0.556. The summed E-state index contributed by atoms with van der Waals surface area (Å²) in [4.78, 5) is 26.8. The molecule has 1 amide bonds. The first kappa shape index (κ1) is 24.2. The van der Waals surface area contributed by atoms with Crippen molar-refractivity contribution in [1.29, 1.82) is 0 Å². The van der Waals surface area contributed by atoms with E-state index >= 15 is 0 Å². The number of halogens is 4. The van der Waals surface area contributed by atoms with Gasteiger partial charge in [-0.2, -0.15) is 13.2 Å². The molecule has 0 spiro atoms. The number of carboxylic acid groups (broad SMARTS) is 1. The molecule has 158 valence electrons. The molecule has 0 aromatic heterocycles. The van der Waals surface area contributed by atoms with E-state index in [1.54, 1.807) is 11.9 Å². The summed E-state index contributed by atoms with van der Waals surface area (Å²) in [6, 6.07) is 4.69. The number of amides is 1. The monoisotopic (exact) mass is 423 g/mol. The van der Waals surface area contributed by atoms with Crippen LogP contribution < -0.4 is 5.32 Å². The van der Waals surface area contributed by atoms with E-state index in [-0.39, 0.29) is 43.1 Å². The fourth-order valence-electron chi connectivity index (χ4n) is 3.26. The van der Waals surface area contributed by atoms with Gasteiger partial charge in [-0.25, -0.2) is 0 Å². The van der Waals surface area contributed by atoms with E-state index < -0.39 is 17.7 Å². The van der Waals surface area contributed by atoms with E-state index in [0.717, 1.165) is 31.4 Å². The molecule has 10 heteroatoms. The van der Waals surface area contributed by atoms with Gasteiger partial charge in [0.1, 0.15) is 0 Å². The Bertz CT molecular complexity index is 673. The number of benzene rings is 1. The molecule has 1 fully saturated rings. The molecular weight excluding hydrogens is 399 g/mol. The van der Waals surface area contributed by atoms with Crippen LogP contribution in [0.25, 0.3) is 0 Å². The molecule has 1 aromatic carbocycles. The van der Waals surface area contributed by atoms with Gasteiger partial charge >= 0.3 is 12.1 Å². The Kier molecular flexibility index (Phi) is 9.19. The van der Waals surface area contributed by atoms with Crippen molar-refractivity contribution >= 4 is 30.0 Å². The summed E-state index contributed by atoms with van der Waals surface area (Å²) in [6.07, 6.45) is -2.05. The maximum absolute atomic E-state index is 12.7. The van der Waals surface area contributed by atoms with Crippen LogP contribution in [0, 0.1) is 0 Å². The summed E-state index contributed by atoms with van der Waals surface area (Å²) in [5.74, 6) is -1.24. The van der Waals surface area contributed by atoms with Crippen LogP contribution in [-0.2, 0) is 15.8 Å². The summed E-state index contributed by atoms with van der Waals surface area (Å²) in [7, 11) is 1.77. The lowest BCUT2D eigenvalue weighted by Crippen LogP contribution is -2.37. The molecule has 1 atom stereocenters. The lowest BCUT2D eigenvalue weighted by molar-refractivity contribution is -0.139. The molecule has 1 aromatic rings. The van der Waals surface area contributed by atoms with E-state index in [4.69, 9.17) is 5.11 Å². The number of aliphatic carboxylic acids is 1. The molecule has 6 nitrogen and oxygen atoms in total. The molecule has 0 bridgehead atoms. The van der Waals surface area contributed by atoms with Crippen molar-refractivity contribution in [3.63, 3.8) is 0 Å². The smallest absolute Gasteiger partial charge is 0.416 e. The van der Waals surface area contributed by atoms with Crippen LogP contribution in [0.5, 0.6) is 0 Å². The van der Waals surface area contributed by atoms with Crippen LogP contribution in [-0.4, -0.2) is 66.1 Å². The molecule has 0 aliphatic carbocycles. The molecule has 1 unspecified atom stereocenters. The number of carbonyl (C=O) groups excluding carboxylic acids is 1. The third-order valence-corrected chi connectivity index (χ3v) is 4.64. The van der Waals surface area contributed by atoms with Crippen molar-refractivity contribution < 1.29 is 27.9 Å². The van der Waals surface area contributed by atoms with Crippen molar-refractivity contribution in [2.24, 2.45) is 0 Å². The van der Waals surface area contributed by atoms with Gasteiger partial charge in [-0.15, -0.1) is 12.4 Å². The van der Waals surface area contributed by atoms with Crippen LogP contribution in [0.1, 0.15) is 24.8 Å². The summed E-state index contributed by atoms with van der Waals surface area (Å²) < 4.78 is 38.2. The topological polar surface area (TPSA) is 72.9 Å². The number of carbonyl (C=O) groups is 2. The normalized spacial score (nSPS) is 18.2. The number of nitrogens with one attached hydrogen (secondary N) is 1. The fourth-order valence-corrected chi connectivity index (χ4v) is 3.26. The quantitative estimate of drug-likeness (QED) is 0.736. The Morgan fingerprint density at radius 1 is 1.29 bits per heavy atom. The Balaban J connectivity index is 0.00000392. The van der Waals surface area contributed by atoms with Crippen molar-refractivity contribution in [3.05, 3.63) is 29.8 Å². The van der Waals surface area contributed by atoms with Crippen molar-refractivity contribution in [3.8, 4) is 0 Å². The van der Waals surface area contributed by atoms with Gasteiger partial charge < -0.3 is 10.4 Å². The van der Waals surface area contributed by atoms with Gasteiger partial charge in [0, 0.05) is 18.3 Å². The van der Waals surface area contributed by atoms with Gasteiger partial charge in [-0.05, 0) is 51.1 Å². The molecular formula is C18H25ClF3N3O3. The number of likely N-dealkylation sites (tertiary alicyclic amines) is 1. The summed E-state index contributed by atoms with van der Waals surface area (Å²) >= 11 is 0. The molecule has 1 aliphatic heterocycles. The summed E-state index contributed by atoms with van der Waals surface area (Å²) in [5, 5.41) is 11.4. The molecule has 1 saturated heterocycles. The van der Waals surface area contributed by atoms with Crippen molar-refractivity contribution in [2.45, 2.75) is 31.5 Å². The van der Waals surface area contributed by atoms with Gasteiger partial charge in [0.05, 0.1) is 18.7 Å². The minimum absolute atomic E-state index is 0. The highest BCUT2D eigenvalue weighted by Crippen LogP contribution is 2.30. The van der Waals surface area contributed by atoms with Crippen LogP contribution in [0.15, 0.2) is 24.3 Å². The van der Waals surface area contributed by atoms with E-state index in [9.17, 15) is 22.8 Å². The van der Waals surface area contributed by atoms with Crippen LogP contribution in [0.3, 0.4) is 0 Å². The molecule has 0 saturated carbocycles. The molecule has 2 rings (SSSR count). The highest BCUT2D eigenvalue weighted by atomic mass is 35.5. The predicted molar refractivity (Wildman–Crippen MR) is 102 cm³/mol. The lowest BCUT2D eigenvalue weighted by Gasteiger charge is -2.25. The molecule has 28 heavy (non-hydrogen) atoms. The van der Waals surface area contributed by atoms with Gasteiger partial charge in [0.2, 0.25) is 5.91 Å². The third-order valence-electron chi connectivity index (χ3n) is 4.64. The Morgan fingerprint density at radius 3 is 2.64 bits per heavy atom. The number of likely N-dealkylation sites (N-methyl/N-ethyl adjacent to an activating group) is 1. The largest absolute Gasteiger partial charge is 0.480 e. The minimum Gasteiger partial charge on any atom is -0.480 e. The van der Waals surface area contributed by atoms with E-state index in [1.165, 1.54) is 12.1 Å². The first-order chi connectivity index (χ1) is 12.6. The lowest BCUT2D eigenvalue weighted by atomic mass is 10.1. The standard InChI is InChI=1S/C18H24F3N3O3.ClH/c1-23(12-17(26)27)15-6-3-8-24(9-7-15)11-16(25)22-14-5-2-4-13(10-14)18(19,20)21;/h2,4-5,10,15H,3,6-9,11-12H2,1H3,(H,22,25)(H,26,27);1H. The first-order valence-corrected chi connectivity index (χ1v) is 8.76. The number of carboxylic acids is 1. The average molecular weight is 424 g/mol. The second-order valence-electron chi connectivity index (χ2n) is 6.80. The Morgan fingerprint density at radius 2 is 2.00 bits per heavy atom. The van der Waals surface area contributed by atoms with Crippen LogP contribution in [0.2, 0.25) is 0 Å².